The maximum Gasteiger partial charge on any atom is 0.416 e. The number of ether oxygens (including phenoxy) is 2. The first kappa shape index (κ1) is 23.5. The molecule has 0 radical (unpaired) electrons. The molecule has 0 aliphatic carbocycles. The van der Waals surface area contributed by atoms with Gasteiger partial charge in [-0.3, -0.25) is 14.9 Å². The van der Waals surface area contributed by atoms with Crippen molar-refractivity contribution in [3.63, 3.8) is 0 Å². The van der Waals surface area contributed by atoms with Crippen LogP contribution in [-0.2, 0) is 15.7 Å². The molecular weight excluding hydrogens is 469 g/mol. The number of nitro benzene ring substituents is 1. The van der Waals surface area contributed by atoms with Gasteiger partial charge in [-0.25, -0.2) is 4.79 Å². The first-order chi connectivity index (χ1) is 16.6. The van der Waals surface area contributed by atoms with Gasteiger partial charge in [0.25, 0.3) is 0 Å². The van der Waals surface area contributed by atoms with Gasteiger partial charge in [-0.05, 0) is 29.8 Å². The molecule has 0 aromatic heterocycles. The number of alkyl halides is 3. The highest BCUT2D eigenvalue weighted by atomic mass is 19.4. The van der Waals surface area contributed by atoms with Crippen LogP contribution in [0.2, 0.25) is 0 Å². The van der Waals surface area contributed by atoms with Crippen LogP contribution in [0.1, 0.15) is 33.2 Å². The topological polar surface area (TPSA) is 122 Å². The van der Waals surface area contributed by atoms with Gasteiger partial charge in [-0.2, -0.15) is 13.2 Å². The van der Waals surface area contributed by atoms with Crippen LogP contribution in [0.25, 0.3) is 5.57 Å². The molecule has 1 aliphatic heterocycles. The molecule has 0 amide bonds. The van der Waals surface area contributed by atoms with Crippen LogP contribution in [0.3, 0.4) is 0 Å². The summed E-state index contributed by atoms with van der Waals surface area (Å²) in [6.45, 7) is 0. The van der Waals surface area contributed by atoms with E-state index in [0.29, 0.717) is 17.7 Å². The number of nitro groups is 1. The Balaban J connectivity index is 1.60. The molecule has 1 unspecified atom stereocenters. The summed E-state index contributed by atoms with van der Waals surface area (Å²) in [4.78, 5) is 35.8. The third kappa shape index (κ3) is 4.69. The number of carbonyl (C=O) groups is 2. The van der Waals surface area contributed by atoms with E-state index in [1.807, 2.05) is 0 Å². The summed E-state index contributed by atoms with van der Waals surface area (Å²) in [5, 5.41) is 11.2. The summed E-state index contributed by atoms with van der Waals surface area (Å²) in [7, 11) is 0. The fourth-order valence-electron chi connectivity index (χ4n) is 3.51. The van der Waals surface area contributed by atoms with E-state index >= 15 is 0 Å². The Morgan fingerprint density at radius 3 is 2.40 bits per heavy atom. The van der Waals surface area contributed by atoms with E-state index in [0.717, 1.165) is 0 Å². The highest BCUT2D eigenvalue weighted by Crippen LogP contribution is 2.38. The van der Waals surface area contributed by atoms with E-state index in [1.165, 1.54) is 24.3 Å². The number of ketones is 1. The summed E-state index contributed by atoms with van der Waals surface area (Å²) in [6.07, 6.45) is -5.78. The lowest BCUT2D eigenvalue weighted by Gasteiger charge is -2.10. The number of carbonyl (C=O) groups excluding carboxylic acids is 2. The van der Waals surface area contributed by atoms with E-state index in [9.17, 15) is 32.9 Å². The van der Waals surface area contributed by atoms with Gasteiger partial charge in [-0.1, -0.05) is 42.5 Å². The normalized spacial score (nSPS) is 15.6. The van der Waals surface area contributed by atoms with Crippen molar-refractivity contribution in [2.24, 2.45) is 5.73 Å². The third-order valence-electron chi connectivity index (χ3n) is 5.15. The predicted octanol–water partition coefficient (Wildman–Crippen LogP) is 4.80. The van der Waals surface area contributed by atoms with Gasteiger partial charge >= 0.3 is 17.8 Å². The number of esters is 1. The molecule has 0 bridgehead atoms. The Hall–Kier alpha value is -4.67. The zero-order valence-electron chi connectivity index (χ0n) is 17.6. The maximum atomic E-state index is 13.0. The fraction of sp³-hybridized carbons (Fsp3) is 0.0833. The summed E-state index contributed by atoms with van der Waals surface area (Å²) in [5.41, 5.74) is 4.39. The van der Waals surface area contributed by atoms with Crippen molar-refractivity contribution < 1.29 is 37.2 Å². The minimum absolute atomic E-state index is 0.0361. The number of nitrogens with two attached hydrogens (primary N) is 1. The van der Waals surface area contributed by atoms with Crippen molar-refractivity contribution in [2.75, 3.05) is 0 Å². The smallest absolute Gasteiger partial charge is 0.416 e. The van der Waals surface area contributed by atoms with Crippen LogP contribution in [-0.4, -0.2) is 16.7 Å². The number of rotatable bonds is 5. The van der Waals surface area contributed by atoms with Crippen LogP contribution in [0.5, 0.6) is 5.75 Å². The first-order valence-electron chi connectivity index (χ1n) is 10.00. The Labute approximate surface area is 195 Å². The van der Waals surface area contributed by atoms with Crippen molar-refractivity contribution in [3.05, 3.63) is 111 Å². The van der Waals surface area contributed by atoms with Crippen LogP contribution in [0, 0.1) is 10.1 Å². The molecule has 0 saturated heterocycles. The van der Waals surface area contributed by atoms with Crippen molar-refractivity contribution in [1.82, 2.24) is 0 Å². The minimum Gasteiger partial charge on any atom is -0.462 e. The Kier molecular flexibility index (Phi) is 6.00. The highest BCUT2D eigenvalue weighted by molar-refractivity contribution is 6.25. The molecule has 8 nitrogen and oxygen atoms in total. The summed E-state index contributed by atoms with van der Waals surface area (Å²) in [6, 6.07) is 15.7. The lowest BCUT2D eigenvalue weighted by Crippen LogP contribution is -2.12. The van der Waals surface area contributed by atoms with Gasteiger partial charge in [0.2, 0.25) is 11.5 Å². The van der Waals surface area contributed by atoms with E-state index in [4.69, 9.17) is 15.2 Å². The Bertz CT molecular complexity index is 1370. The lowest BCUT2D eigenvalue weighted by molar-refractivity contribution is -0.385. The van der Waals surface area contributed by atoms with Gasteiger partial charge < -0.3 is 15.2 Å². The van der Waals surface area contributed by atoms with E-state index in [1.54, 1.807) is 30.3 Å². The zero-order valence-corrected chi connectivity index (χ0v) is 17.6. The first-order valence-corrected chi connectivity index (χ1v) is 10.00. The van der Waals surface area contributed by atoms with Crippen LogP contribution in [0.15, 0.2) is 78.7 Å². The summed E-state index contributed by atoms with van der Waals surface area (Å²) >= 11 is 0. The molecule has 3 aromatic rings. The van der Waals surface area contributed by atoms with Crippen LogP contribution in [0.4, 0.5) is 18.9 Å². The standard InChI is InChI=1S/C24H15F3N2O6/c25-24(26,27)16-9-10-18(17(12-16)29(32)33)34-23(31)15-8-4-7-14(11-15)19-20(30)21(35-22(19)28)13-5-2-1-3-6-13/h1-12,21H,28H2. The van der Waals surface area contributed by atoms with Gasteiger partial charge in [0, 0.05) is 11.6 Å². The molecule has 2 N–H and O–H groups in total. The van der Waals surface area contributed by atoms with Crippen LogP contribution < -0.4 is 10.5 Å². The van der Waals surface area contributed by atoms with Gasteiger partial charge in [0.05, 0.1) is 21.6 Å². The van der Waals surface area contributed by atoms with Gasteiger partial charge in [0.15, 0.2) is 12.0 Å². The minimum atomic E-state index is -4.82. The fourth-order valence-corrected chi connectivity index (χ4v) is 3.51. The second-order valence-electron chi connectivity index (χ2n) is 7.42. The monoisotopic (exact) mass is 484 g/mol. The summed E-state index contributed by atoms with van der Waals surface area (Å²) < 4.78 is 49.2. The molecule has 11 heteroatoms. The van der Waals surface area contributed by atoms with Crippen molar-refractivity contribution in [1.29, 1.82) is 0 Å². The number of hydrogen-bond acceptors (Lipinski definition) is 7. The molecule has 1 aliphatic rings. The van der Waals surface area contributed by atoms with E-state index in [2.05, 4.69) is 0 Å². The highest BCUT2D eigenvalue weighted by Gasteiger charge is 2.36. The number of benzene rings is 3. The molecule has 0 fully saturated rings. The largest absolute Gasteiger partial charge is 0.462 e. The lowest BCUT2D eigenvalue weighted by atomic mass is 9.96. The quantitative estimate of drug-likeness (QED) is 0.239. The molecule has 3 aromatic carbocycles. The van der Waals surface area contributed by atoms with Crippen LogP contribution >= 0.6 is 0 Å². The molecule has 1 heterocycles. The Morgan fingerprint density at radius 1 is 1.03 bits per heavy atom. The second kappa shape index (κ2) is 8.93. The second-order valence-corrected chi connectivity index (χ2v) is 7.42. The average molecular weight is 484 g/mol. The molecule has 4 rings (SSSR count). The molecule has 0 saturated carbocycles. The molecule has 178 valence electrons. The SMILES string of the molecule is NC1=C(c2cccc(C(=O)Oc3ccc(C(F)(F)F)cc3[N+](=O)[O-])c2)C(=O)C(c2ccccc2)O1. The maximum absolute atomic E-state index is 13.0. The number of Topliss-reactive ketones (excluding diaryl/α,β-unsaturated/α-hetero) is 1. The van der Waals surface area contributed by atoms with Crippen molar-refractivity contribution in [3.8, 4) is 5.75 Å². The average Bonchev–Trinajstić information content (AvgIpc) is 3.12. The Morgan fingerprint density at radius 2 is 1.74 bits per heavy atom. The molecular formula is C24H15F3N2O6. The van der Waals surface area contributed by atoms with Crippen molar-refractivity contribution >= 4 is 23.0 Å². The molecule has 0 spiro atoms. The number of halogens is 3. The van der Waals surface area contributed by atoms with E-state index in [-0.39, 0.29) is 28.6 Å². The number of nitrogens with zero attached hydrogens (tertiary/aromatic N) is 1. The van der Waals surface area contributed by atoms with Gasteiger partial charge in [-0.15, -0.1) is 0 Å². The van der Waals surface area contributed by atoms with Crippen molar-refractivity contribution in [2.45, 2.75) is 12.3 Å². The van der Waals surface area contributed by atoms with E-state index < -0.39 is 46.0 Å². The molecule has 35 heavy (non-hydrogen) atoms. The summed E-state index contributed by atoms with van der Waals surface area (Å²) in [5.74, 6) is -2.33. The number of hydrogen-bond donors (Lipinski definition) is 1. The van der Waals surface area contributed by atoms with Gasteiger partial charge in [0.1, 0.15) is 0 Å². The predicted molar refractivity (Wildman–Crippen MR) is 116 cm³/mol. The zero-order chi connectivity index (χ0) is 25.3. The third-order valence-corrected chi connectivity index (χ3v) is 5.15. The molecule has 1 atom stereocenters.